The van der Waals surface area contributed by atoms with Crippen LogP contribution >= 0.6 is 0 Å². The van der Waals surface area contributed by atoms with Crippen LogP contribution in [0.3, 0.4) is 0 Å². The first-order chi connectivity index (χ1) is 20.2. The average Bonchev–Trinajstić information content (AvgIpc) is 3.38. The number of carbonyl (C=O) groups is 3. The van der Waals surface area contributed by atoms with Crippen molar-refractivity contribution in [2.75, 3.05) is 44.8 Å². The Bertz CT molecular complexity index is 1530. The number of Topliss-reactive ketones (excluding diaryl/α,β-unsaturated/α-hetero) is 1. The van der Waals surface area contributed by atoms with Crippen LogP contribution in [0.4, 0.5) is 5.69 Å². The fraction of sp³-hybridized carbons (Fsp3) is 0.452. The summed E-state index contributed by atoms with van der Waals surface area (Å²) in [6.45, 7) is 3.53. The Kier molecular flexibility index (Phi) is 8.54. The zero-order valence-corrected chi connectivity index (χ0v) is 24.9. The molecule has 11 heteroatoms. The van der Waals surface area contributed by atoms with Gasteiger partial charge in [-0.15, -0.1) is 0 Å². The van der Waals surface area contributed by atoms with Crippen molar-refractivity contribution in [2.45, 2.75) is 55.9 Å². The highest BCUT2D eigenvalue weighted by Gasteiger charge is 2.66. The summed E-state index contributed by atoms with van der Waals surface area (Å²) in [5.74, 6) is -2.97. The van der Waals surface area contributed by atoms with E-state index in [1.807, 2.05) is 6.92 Å². The lowest BCUT2D eigenvalue weighted by atomic mass is 9.82. The minimum Gasteiger partial charge on any atom is -0.507 e. The van der Waals surface area contributed by atoms with Crippen molar-refractivity contribution in [1.29, 1.82) is 0 Å². The summed E-state index contributed by atoms with van der Waals surface area (Å²) < 4.78 is 33.5. The van der Waals surface area contributed by atoms with E-state index >= 15 is 0 Å². The highest BCUT2D eigenvalue weighted by atomic mass is 32.2. The van der Waals surface area contributed by atoms with Gasteiger partial charge in [-0.2, -0.15) is 4.31 Å². The number of ether oxygens (including phenoxy) is 1. The lowest BCUT2D eigenvalue weighted by Gasteiger charge is -2.34. The molecule has 0 aromatic heterocycles. The predicted octanol–water partition coefficient (Wildman–Crippen LogP) is 3.62. The van der Waals surface area contributed by atoms with Gasteiger partial charge >= 0.3 is 0 Å². The molecule has 3 heterocycles. The standard InChI is InChI=1S/C31H37N3O7S/c1-3-4-18-33-25-15-7-6-14-24(25)31(30(33)38)26(28(36)29(37)34(31)19-11-20-41-2)27(35)22-12-10-13-23(21-22)42(39,40)32-16-8-5-9-17-32/h6-7,10,12-15,21,35H,3-5,8-9,11,16-20H2,1-2H3/b27-26+. The number of para-hydroxylation sites is 1. The fourth-order valence-corrected chi connectivity index (χ4v) is 7.84. The summed E-state index contributed by atoms with van der Waals surface area (Å²) in [6, 6.07) is 12.7. The number of piperidine rings is 1. The van der Waals surface area contributed by atoms with Crippen molar-refractivity contribution in [2.24, 2.45) is 0 Å². The van der Waals surface area contributed by atoms with Gasteiger partial charge in [-0.05, 0) is 43.9 Å². The van der Waals surface area contributed by atoms with E-state index in [2.05, 4.69) is 0 Å². The number of hydrogen-bond donors (Lipinski definition) is 1. The van der Waals surface area contributed by atoms with Crippen LogP contribution in [-0.2, 0) is 34.7 Å². The molecule has 3 aliphatic heterocycles. The molecule has 0 bridgehead atoms. The van der Waals surface area contributed by atoms with Gasteiger partial charge in [0.2, 0.25) is 10.0 Å². The number of nitrogens with zero attached hydrogens (tertiary/aromatic N) is 3. The number of benzene rings is 2. The molecule has 2 amide bonds. The molecule has 2 aromatic carbocycles. The number of methoxy groups -OCH3 is 1. The number of fused-ring (bicyclic) bond motifs is 2. The van der Waals surface area contributed by atoms with Crippen LogP contribution in [0.15, 0.2) is 59.0 Å². The molecule has 1 atom stereocenters. The number of aliphatic hydroxyl groups is 1. The molecule has 0 radical (unpaired) electrons. The van der Waals surface area contributed by atoms with E-state index in [4.69, 9.17) is 4.74 Å². The fourth-order valence-electron chi connectivity index (χ4n) is 6.27. The second-order valence-corrected chi connectivity index (χ2v) is 12.8. The maximum absolute atomic E-state index is 14.5. The van der Waals surface area contributed by atoms with Gasteiger partial charge in [-0.3, -0.25) is 14.4 Å². The van der Waals surface area contributed by atoms with E-state index in [-0.39, 0.29) is 22.6 Å². The zero-order valence-electron chi connectivity index (χ0n) is 24.0. The van der Waals surface area contributed by atoms with Crippen molar-refractivity contribution in [3.05, 3.63) is 65.2 Å². The Balaban J connectivity index is 1.70. The molecular weight excluding hydrogens is 558 g/mol. The molecule has 1 unspecified atom stereocenters. The minimum atomic E-state index is -3.85. The van der Waals surface area contributed by atoms with Crippen LogP contribution < -0.4 is 4.90 Å². The Labute approximate surface area is 246 Å². The van der Waals surface area contributed by atoms with E-state index in [1.165, 1.54) is 40.6 Å². The second kappa shape index (κ2) is 12.0. The third-order valence-corrected chi connectivity index (χ3v) is 10.2. The summed E-state index contributed by atoms with van der Waals surface area (Å²) in [4.78, 5) is 44.7. The Hall–Kier alpha value is -3.54. The maximum Gasteiger partial charge on any atom is 0.296 e. The number of likely N-dealkylation sites (tertiary alicyclic amines) is 1. The van der Waals surface area contributed by atoms with Gasteiger partial charge in [-0.1, -0.05) is 50.1 Å². The van der Waals surface area contributed by atoms with Gasteiger partial charge < -0.3 is 19.6 Å². The van der Waals surface area contributed by atoms with E-state index in [0.29, 0.717) is 50.3 Å². The van der Waals surface area contributed by atoms with Crippen LogP contribution in [0.1, 0.15) is 56.6 Å². The minimum absolute atomic E-state index is 0.0282. The van der Waals surface area contributed by atoms with Gasteiger partial charge in [0.05, 0.1) is 16.2 Å². The first-order valence-electron chi connectivity index (χ1n) is 14.5. The molecule has 1 spiro atoms. The molecule has 224 valence electrons. The Morgan fingerprint density at radius 1 is 0.976 bits per heavy atom. The predicted molar refractivity (Wildman–Crippen MR) is 157 cm³/mol. The van der Waals surface area contributed by atoms with Crippen molar-refractivity contribution >= 4 is 39.1 Å². The molecule has 0 aliphatic carbocycles. The number of amides is 2. The number of anilines is 1. The summed E-state index contributed by atoms with van der Waals surface area (Å²) in [6.07, 6.45) is 4.37. The van der Waals surface area contributed by atoms with E-state index in [0.717, 1.165) is 25.7 Å². The monoisotopic (exact) mass is 595 g/mol. The van der Waals surface area contributed by atoms with Crippen molar-refractivity contribution < 1.29 is 32.6 Å². The maximum atomic E-state index is 14.5. The normalized spacial score (nSPS) is 22.4. The number of sulfonamides is 1. The topological polar surface area (TPSA) is 125 Å². The van der Waals surface area contributed by atoms with Crippen LogP contribution in [0, 0.1) is 0 Å². The molecule has 3 aliphatic rings. The first-order valence-corrected chi connectivity index (χ1v) is 16.0. The summed E-state index contributed by atoms with van der Waals surface area (Å²) in [5.41, 5.74) is -1.20. The smallest absolute Gasteiger partial charge is 0.296 e. The van der Waals surface area contributed by atoms with Crippen molar-refractivity contribution in [3.8, 4) is 0 Å². The van der Waals surface area contributed by atoms with E-state index in [9.17, 15) is 27.9 Å². The lowest BCUT2D eigenvalue weighted by molar-refractivity contribution is -0.143. The van der Waals surface area contributed by atoms with Gasteiger partial charge in [0.25, 0.3) is 17.6 Å². The average molecular weight is 596 g/mol. The van der Waals surface area contributed by atoms with Crippen molar-refractivity contribution in [1.82, 2.24) is 9.21 Å². The molecule has 2 saturated heterocycles. The number of aliphatic hydroxyl groups excluding tert-OH is 1. The summed E-state index contributed by atoms with van der Waals surface area (Å²) in [5, 5.41) is 11.8. The van der Waals surface area contributed by atoms with Crippen LogP contribution in [0.5, 0.6) is 0 Å². The highest BCUT2D eigenvalue weighted by molar-refractivity contribution is 7.89. The number of ketones is 1. The Morgan fingerprint density at radius 2 is 1.71 bits per heavy atom. The zero-order chi connectivity index (χ0) is 30.1. The number of unbranched alkanes of at least 4 members (excludes halogenated alkanes) is 1. The molecular formula is C31H37N3O7S. The highest BCUT2D eigenvalue weighted by Crippen LogP contribution is 2.53. The molecule has 2 fully saturated rings. The number of rotatable bonds is 10. The molecule has 0 saturated carbocycles. The van der Waals surface area contributed by atoms with E-state index in [1.54, 1.807) is 29.2 Å². The lowest BCUT2D eigenvalue weighted by Crippen LogP contribution is -2.52. The first kappa shape index (κ1) is 29.9. The van der Waals surface area contributed by atoms with Crippen LogP contribution in [0.25, 0.3) is 5.76 Å². The largest absolute Gasteiger partial charge is 0.507 e. The molecule has 10 nitrogen and oxygen atoms in total. The molecule has 2 aromatic rings. The third kappa shape index (κ3) is 4.73. The molecule has 5 rings (SSSR count). The van der Waals surface area contributed by atoms with Gasteiger partial charge in [0, 0.05) is 51.0 Å². The summed E-state index contributed by atoms with van der Waals surface area (Å²) in [7, 11) is -2.32. The number of hydrogen-bond acceptors (Lipinski definition) is 7. The molecule has 42 heavy (non-hydrogen) atoms. The van der Waals surface area contributed by atoms with E-state index < -0.39 is 38.9 Å². The quantitative estimate of drug-likeness (QED) is 0.193. The van der Waals surface area contributed by atoms with Crippen LogP contribution in [-0.4, -0.2) is 80.2 Å². The van der Waals surface area contributed by atoms with Crippen molar-refractivity contribution in [3.63, 3.8) is 0 Å². The third-order valence-electron chi connectivity index (χ3n) is 8.33. The van der Waals surface area contributed by atoms with Crippen LogP contribution in [0.2, 0.25) is 0 Å². The molecule has 1 N–H and O–H groups in total. The van der Waals surface area contributed by atoms with Gasteiger partial charge in [-0.25, -0.2) is 8.42 Å². The number of carbonyl (C=O) groups excluding carboxylic acids is 3. The Morgan fingerprint density at radius 3 is 2.43 bits per heavy atom. The second-order valence-electron chi connectivity index (χ2n) is 10.9. The SMILES string of the molecule is CCCCN1C(=O)C2(/C(=C(/O)c3cccc(S(=O)(=O)N4CCCCC4)c3)C(=O)C(=O)N2CCCOC)c2ccccc21. The van der Waals surface area contributed by atoms with Gasteiger partial charge in [0.15, 0.2) is 5.54 Å². The van der Waals surface area contributed by atoms with Gasteiger partial charge in [0.1, 0.15) is 5.76 Å². The summed E-state index contributed by atoms with van der Waals surface area (Å²) >= 11 is 0.